The van der Waals surface area contributed by atoms with E-state index in [4.69, 9.17) is 37.9 Å². The van der Waals surface area contributed by atoms with Crippen molar-refractivity contribution in [2.75, 3.05) is 26.4 Å². The largest absolute Gasteiger partial charge is 0.508 e. The molecule has 2 saturated carbocycles. The van der Waals surface area contributed by atoms with Gasteiger partial charge in [-0.3, -0.25) is 0 Å². The number of ether oxygens (including phenoxy) is 8. The summed E-state index contributed by atoms with van der Waals surface area (Å²) in [5.41, 5.74) is 0. The third-order valence-electron chi connectivity index (χ3n) is 6.69. The average Bonchev–Trinajstić information content (AvgIpc) is 2.91. The van der Waals surface area contributed by atoms with Crippen molar-refractivity contribution in [1.29, 1.82) is 0 Å². The van der Waals surface area contributed by atoms with E-state index in [9.17, 15) is 29.4 Å². The molecule has 2 rings (SSSR count). The number of carbonyl (C=O) groups excluding carboxylic acids is 4. The Labute approximate surface area is 239 Å². The quantitative estimate of drug-likeness (QED) is 0.167. The van der Waals surface area contributed by atoms with Gasteiger partial charge in [0, 0.05) is 0 Å². The van der Waals surface area contributed by atoms with Gasteiger partial charge in [0.1, 0.15) is 50.8 Å². The van der Waals surface area contributed by atoms with Gasteiger partial charge in [-0.15, -0.1) is 0 Å². The monoisotopic (exact) mass is 592 g/mol. The molecule has 41 heavy (non-hydrogen) atoms. The van der Waals surface area contributed by atoms with E-state index in [1.165, 1.54) is 0 Å². The lowest BCUT2D eigenvalue weighted by atomic mass is 9.95. The molecule has 2 aliphatic carbocycles. The Morgan fingerprint density at radius 1 is 0.585 bits per heavy atom. The van der Waals surface area contributed by atoms with Crippen LogP contribution in [0, 0.1) is 0 Å². The SMILES string of the molecule is CC(CCCC(C)OC(=O)OCCOC(=O)OC1CCCCC1O)OC(=O)OCCOC(=O)OC1CCCCC1O. The fourth-order valence-electron chi connectivity index (χ4n) is 4.45. The average molecular weight is 593 g/mol. The summed E-state index contributed by atoms with van der Waals surface area (Å²) in [7, 11) is 0. The van der Waals surface area contributed by atoms with Crippen molar-refractivity contribution in [1.82, 2.24) is 0 Å². The number of aliphatic hydroxyl groups is 2. The summed E-state index contributed by atoms with van der Waals surface area (Å²) in [5, 5.41) is 19.6. The molecule has 14 nitrogen and oxygen atoms in total. The zero-order valence-corrected chi connectivity index (χ0v) is 23.9. The first-order chi connectivity index (χ1) is 19.6. The topological polar surface area (TPSA) is 183 Å². The van der Waals surface area contributed by atoms with Crippen LogP contribution in [0.25, 0.3) is 0 Å². The molecule has 2 aliphatic rings. The van der Waals surface area contributed by atoms with E-state index in [1.54, 1.807) is 13.8 Å². The molecule has 236 valence electrons. The van der Waals surface area contributed by atoms with Crippen LogP contribution in [-0.4, -0.2) is 97.9 Å². The van der Waals surface area contributed by atoms with Gasteiger partial charge in [-0.05, 0) is 71.6 Å². The van der Waals surface area contributed by atoms with Crippen molar-refractivity contribution in [3.63, 3.8) is 0 Å². The van der Waals surface area contributed by atoms with Crippen molar-refractivity contribution in [3.8, 4) is 0 Å². The summed E-state index contributed by atoms with van der Waals surface area (Å²) < 4.78 is 39.9. The van der Waals surface area contributed by atoms with Gasteiger partial charge in [0.05, 0.1) is 12.2 Å². The predicted octanol–water partition coefficient (Wildman–Crippen LogP) is 4.15. The van der Waals surface area contributed by atoms with Gasteiger partial charge >= 0.3 is 24.6 Å². The molecular formula is C27H44O14. The zero-order chi connectivity index (χ0) is 30.0. The van der Waals surface area contributed by atoms with Crippen LogP contribution in [0.4, 0.5) is 19.2 Å². The molecule has 0 aliphatic heterocycles. The Balaban J connectivity index is 1.44. The molecule has 0 bridgehead atoms. The van der Waals surface area contributed by atoms with E-state index in [-0.39, 0.29) is 26.4 Å². The minimum atomic E-state index is -0.925. The molecule has 0 aromatic rings. The number of hydrogen-bond donors (Lipinski definition) is 2. The van der Waals surface area contributed by atoms with Gasteiger partial charge in [-0.2, -0.15) is 0 Å². The smallest absolute Gasteiger partial charge is 0.431 e. The number of aliphatic hydroxyl groups excluding tert-OH is 2. The van der Waals surface area contributed by atoms with Crippen molar-refractivity contribution in [2.24, 2.45) is 0 Å². The molecule has 6 atom stereocenters. The van der Waals surface area contributed by atoms with E-state index in [0.29, 0.717) is 44.9 Å². The third-order valence-corrected chi connectivity index (χ3v) is 6.69. The summed E-state index contributed by atoms with van der Waals surface area (Å²) in [6.45, 7) is 2.52. The summed E-state index contributed by atoms with van der Waals surface area (Å²) in [6.07, 6.45) is 0.202. The fraction of sp³-hybridized carbons (Fsp3) is 0.852. The van der Waals surface area contributed by atoms with E-state index in [0.717, 1.165) is 25.7 Å². The Morgan fingerprint density at radius 3 is 1.29 bits per heavy atom. The molecule has 0 amide bonds. The maximum Gasteiger partial charge on any atom is 0.508 e. The fourth-order valence-corrected chi connectivity index (χ4v) is 4.45. The van der Waals surface area contributed by atoms with Crippen LogP contribution in [0.3, 0.4) is 0 Å². The second kappa shape index (κ2) is 19.2. The Bertz CT molecular complexity index is 741. The first-order valence-corrected chi connectivity index (χ1v) is 14.3. The summed E-state index contributed by atoms with van der Waals surface area (Å²) in [4.78, 5) is 47.0. The van der Waals surface area contributed by atoms with Gasteiger partial charge < -0.3 is 48.1 Å². The second-order valence-electron chi connectivity index (χ2n) is 10.2. The van der Waals surface area contributed by atoms with E-state index < -0.39 is 61.2 Å². The highest BCUT2D eigenvalue weighted by Crippen LogP contribution is 2.22. The maximum atomic E-state index is 11.8. The van der Waals surface area contributed by atoms with Crippen LogP contribution in [0.2, 0.25) is 0 Å². The third kappa shape index (κ3) is 15.0. The number of carbonyl (C=O) groups is 4. The minimum Gasteiger partial charge on any atom is -0.431 e. The van der Waals surface area contributed by atoms with Crippen molar-refractivity contribution in [3.05, 3.63) is 0 Å². The van der Waals surface area contributed by atoms with Gasteiger partial charge in [-0.1, -0.05) is 12.8 Å². The maximum absolute atomic E-state index is 11.8. The molecule has 0 spiro atoms. The standard InChI is InChI=1S/C27H44O14/c1-18(38-24(30)34-14-16-36-26(32)40-22-12-5-3-10-20(22)28)8-7-9-19(2)39-25(31)35-15-17-37-27(33)41-23-13-6-4-11-21(23)29/h18-23,28-29H,3-17H2,1-2H3. The Hall–Kier alpha value is -3.00. The first kappa shape index (κ1) is 34.2. The van der Waals surface area contributed by atoms with Crippen molar-refractivity contribution < 1.29 is 67.3 Å². The molecule has 2 fully saturated rings. The lowest BCUT2D eigenvalue weighted by Crippen LogP contribution is -2.34. The molecule has 14 heteroatoms. The molecular weight excluding hydrogens is 548 g/mol. The number of rotatable bonds is 14. The molecule has 6 unspecified atom stereocenters. The number of hydrogen-bond acceptors (Lipinski definition) is 14. The van der Waals surface area contributed by atoms with Gasteiger partial charge in [0.15, 0.2) is 0 Å². The Kier molecular flexibility index (Phi) is 16.0. The van der Waals surface area contributed by atoms with Crippen LogP contribution in [-0.2, 0) is 37.9 Å². The molecule has 2 N–H and O–H groups in total. The van der Waals surface area contributed by atoms with Gasteiger partial charge in [0.2, 0.25) is 0 Å². The highest BCUT2D eigenvalue weighted by atomic mass is 16.8. The molecule has 0 aromatic carbocycles. The van der Waals surface area contributed by atoms with E-state index in [1.807, 2.05) is 0 Å². The van der Waals surface area contributed by atoms with Crippen LogP contribution < -0.4 is 0 Å². The summed E-state index contributed by atoms with van der Waals surface area (Å²) >= 11 is 0. The van der Waals surface area contributed by atoms with Gasteiger partial charge in [0.25, 0.3) is 0 Å². The van der Waals surface area contributed by atoms with E-state index >= 15 is 0 Å². The molecule has 0 saturated heterocycles. The summed E-state index contributed by atoms with van der Waals surface area (Å²) in [6, 6.07) is 0. The lowest BCUT2D eigenvalue weighted by Gasteiger charge is -2.26. The van der Waals surface area contributed by atoms with Crippen LogP contribution in [0.5, 0.6) is 0 Å². The highest BCUT2D eigenvalue weighted by Gasteiger charge is 2.28. The zero-order valence-electron chi connectivity index (χ0n) is 23.9. The van der Waals surface area contributed by atoms with Crippen LogP contribution in [0.15, 0.2) is 0 Å². The first-order valence-electron chi connectivity index (χ1n) is 14.3. The second-order valence-corrected chi connectivity index (χ2v) is 10.2. The minimum absolute atomic E-state index is 0.211. The highest BCUT2D eigenvalue weighted by molar-refractivity contribution is 5.61. The van der Waals surface area contributed by atoms with Crippen molar-refractivity contribution >= 4 is 24.6 Å². The molecule has 0 heterocycles. The molecule has 0 radical (unpaired) electrons. The summed E-state index contributed by atoms with van der Waals surface area (Å²) in [5.74, 6) is 0. The van der Waals surface area contributed by atoms with Gasteiger partial charge in [-0.25, -0.2) is 19.2 Å². The van der Waals surface area contributed by atoms with Crippen LogP contribution >= 0.6 is 0 Å². The predicted molar refractivity (Wildman–Crippen MR) is 139 cm³/mol. The van der Waals surface area contributed by atoms with Crippen molar-refractivity contribution in [2.45, 2.75) is 121 Å². The van der Waals surface area contributed by atoms with E-state index in [2.05, 4.69) is 0 Å². The Morgan fingerprint density at radius 2 is 0.927 bits per heavy atom. The van der Waals surface area contributed by atoms with Crippen LogP contribution in [0.1, 0.15) is 84.5 Å². The lowest BCUT2D eigenvalue weighted by molar-refractivity contribution is -0.0541. The molecule has 0 aromatic heterocycles. The normalized spacial score (nSPS) is 23.7.